The molecule has 1 aliphatic carbocycles. The number of aromatic amines is 1. The Bertz CT molecular complexity index is 1070. The van der Waals surface area contributed by atoms with Crippen molar-refractivity contribution in [3.05, 3.63) is 57.0 Å². The van der Waals surface area contributed by atoms with Crippen LogP contribution in [0.2, 0.25) is 0 Å². The molecule has 0 amide bonds. The van der Waals surface area contributed by atoms with Gasteiger partial charge in [0.1, 0.15) is 11.6 Å². The Labute approximate surface area is 167 Å². The van der Waals surface area contributed by atoms with Crippen molar-refractivity contribution in [3.8, 4) is 5.75 Å². The van der Waals surface area contributed by atoms with E-state index in [4.69, 9.17) is 9.72 Å². The van der Waals surface area contributed by atoms with Crippen LogP contribution in [0.1, 0.15) is 36.3 Å². The topological polar surface area (TPSA) is 108 Å². The number of nitrogens with zero attached hydrogens (tertiary/aromatic N) is 2. The third-order valence-corrected chi connectivity index (χ3v) is 5.76. The highest BCUT2D eigenvalue weighted by Crippen LogP contribution is 2.43. The fraction of sp³-hybridized carbons (Fsp3) is 0.381. The van der Waals surface area contributed by atoms with Crippen LogP contribution in [0, 0.1) is 0 Å². The highest BCUT2D eigenvalue weighted by atomic mass is 16.5. The summed E-state index contributed by atoms with van der Waals surface area (Å²) in [5.41, 5.74) is 2.29. The van der Waals surface area contributed by atoms with Gasteiger partial charge in [-0.2, -0.15) is 4.98 Å². The molecule has 8 heteroatoms. The molecule has 2 aromatic rings. The minimum Gasteiger partial charge on any atom is -0.508 e. The Morgan fingerprint density at radius 2 is 2.00 bits per heavy atom. The number of benzene rings is 1. The van der Waals surface area contributed by atoms with Crippen molar-refractivity contribution in [1.82, 2.24) is 9.97 Å². The summed E-state index contributed by atoms with van der Waals surface area (Å²) in [6, 6.07) is 6.75. The van der Waals surface area contributed by atoms with E-state index in [1.807, 2.05) is 11.0 Å². The van der Waals surface area contributed by atoms with Gasteiger partial charge in [0, 0.05) is 36.7 Å². The molecular weight excluding hydrogens is 372 g/mol. The molecule has 8 nitrogen and oxygen atoms in total. The van der Waals surface area contributed by atoms with Gasteiger partial charge in [0.2, 0.25) is 5.95 Å². The van der Waals surface area contributed by atoms with Crippen molar-refractivity contribution in [2.45, 2.75) is 25.2 Å². The maximum atomic E-state index is 13.2. The lowest BCUT2D eigenvalue weighted by atomic mass is 9.76. The number of aromatic nitrogens is 2. The predicted octanol–water partition coefficient (Wildman–Crippen LogP) is 1.88. The Balaban J connectivity index is 1.68. The summed E-state index contributed by atoms with van der Waals surface area (Å²) in [6.45, 7) is 2.49. The number of ketones is 1. The van der Waals surface area contributed by atoms with Crippen molar-refractivity contribution in [2.24, 2.45) is 0 Å². The number of aromatic hydroxyl groups is 1. The second-order valence-corrected chi connectivity index (χ2v) is 7.57. The van der Waals surface area contributed by atoms with Crippen LogP contribution in [0.4, 0.5) is 11.8 Å². The van der Waals surface area contributed by atoms with Crippen molar-refractivity contribution < 1.29 is 14.6 Å². The molecular formula is C21H22N4O4. The standard InChI is InChI=1S/C21H22N4O4/c26-13-4-1-3-12(11-13)16-17-14(5-2-6-15(17)27)22-19-18(16)20(28)24-21(23-19)25-7-9-29-10-8-25/h1,3-4,11,16,26H,2,5-10H2,(H2,22,23,24,28). The maximum absolute atomic E-state index is 13.2. The van der Waals surface area contributed by atoms with Gasteiger partial charge in [0.25, 0.3) is 5.56 Å². The maximum Gasteiger partial charge on any atom is 0.258 e. The van der Waals surface area contributed by atoms with E-state index < -0.39 is 5.92 Å². The number of Topliss-reactive ketones (excluding diaryl/α,β-unsaturated/α-hetero) is 1. The molecule has 0 spiro atoms. The van der Waals surface area contributed by atoms with E-state index in [0.717, 1.165) is 18.5 Å². The molecule has 1 aromatic carbocycles. The lowest BCUT2D eigenvalue weighted by molar-refractivity contribution is -0.116. The van der Waals surface area contributed by atoms with Crippen LogP contribution in [0.3, 0.4) is 0 Å². The zero-order valence-electron chi connectivity index (χ0n) is 15.9. The smallest absolute Gasteiger partial charge is 0.258 e. The molecule has 1 fully saturated rings. The van der Waals surface area contributed by atoms with E-state index in [0.29, 0.717) is 61.2 Å². The summed E-state index contributed by atoms with van der Waals surface area (Å²) in [7, 11) is 0. The number of anilines is 2. The fourth-order valence-electron chi connectivity index (χ4n) is 4.41. The average molecular weight is 394 g/mol. The molecule has 2 aliphatic heterocycles. The van der Waals surface area contributed by atoms with Gasteiger partial charge in [0.05, 0.1) is 18.8 Å². The number of carbonyl (C=O) groups excluding carboxylic acids is 1. The molecule has 0 bridgehead atoms. The van der Waals surface area contributed by atoms with Gasteiger partial charge >= 0.3 is 0 Å². The number of phenols is 1. The number of rotatable bonds is 2. The van der Waals surface area contributed by atoms with Crippen molar-refractivity contribution in [1.29, 1.82) is 0 Å². The Morgan fingerprint density at radius 3 is 2.79 bits per heavy atom. The Hall–Kier alpha value is -3.13. The van der Waals surface area contributed by atoms with Gasteiger partial charge in [-0.05, 0) is 30.5 Å². The number of allylic oxidation sites excluding steroid dienone is 2. The minimum atomic E-state index is -0.545. The van der Waals surface area contributed by atoms with Gasteiger partial charge < -0.3 is 20.1 Å². The van der Waals surface area contributed by atoms with Crippen LogP contribution in [0.5, 0.6) is 5.75 Å². The van der Waals surface area contributed by atoms with E-state index in [9.17, 15) is 14.7 Å². The summed E-state index contributed by atoms with van der Waals surface area (Å²) in [5.74, 6) is 0.579. The molecule has 29 heavy (non-hydrogen) atoms. The van der Waals surface area contributed by atoms with Crippen molar-refractivity contribution in [3.63, 3.8) is 0 Å². The second-order valence-electron chi connectivity index (χ2n) is 7.57. The van der Waals surface area contributed by atoms with Gasteiger partial charge in [-0.25, -0.2) is 0 Å². The molecule has 1 unspecified atom stereocenters. The zero-order valence-corrected chi connectivity index (χ0v) is 15.9. The lowest BCUT2D eigenvalue weighted by Crippen LogP contribution is -2.40. The SMILES string of the molecule is O=C1CCCC2=C1C(c1cccc(O)c1)c1c(nc(N3CCOCC3)[nH]c1=O)N2. The van der Waals surface area contributed by atoms with Gasteiger partial charge in [0.15, 0.2) is 5.78 Å². The first-order valence-electron chi connectivity index (χ1n) is 9.91. The summed E-state index contributed by atoms with van der Waals surface area (Å²) < 4.78 is 5.39. The first-order chi connectivity index (χ1) is 14.1. The lowest BCUT2D eigenvalue weighted by Gasteiger charge is -2.34. The van der Waals surface area contributed by atoms with Crippen molar-refractivity contribution in [2.75, 3.05) is 36.5 Å². The first kappa shape index (κ1) is 17.9. The highest BCUT2D eigenvalue weighted by Gasteiger charge is 2.38. The van der Waals surface area contributed by atoms with E-state index in [-0.39, 0.29) is 17.1 Å². The van der Waals surface area contributed by atoms with Crippen LogP contribution in [-0.4, -0.2) is 47.2 Å². The Kier molecular flexibility index (Phi) is 4.35. The van der Waals surface area contributed by atoms with Gasteiger partial charge in [-0.15, -0.1) is 0 Å². The summed E-state index contributed by atoms with van der Waals surface area (Å²) in [6.07, 6.45) is 1.96. The molecule has 150 valence electrons. The number of hydrogen-bond donors (Lipinski definition) is 3. The van der Waals surface area contributed by atoms with Crippen LogP contribution in [0.25, 0.3) is 0 Å². The fourth-order valence-corrected chi connectivity index (χ4v) is 4.41. The van der Waals surface area contributed by atoms with Crippen LogP contribution >= 0.6 is 0 Å². The zero-order chi connectivity index (χ0) is 20.0. The largest absolute Gasteiger partial charge is 0.508 e. The normalized spacial score (nSPS) is 21.4. The third kappa shape index (κ3) is 3.09. The van der Waals surface area contributed by atoms with Crippen LogP contribution in [-0.2, 0) is 9.53 Å². The van der Waals surface area contributed by atoms with Crippen molar-refractivity contribution >= 4 is 17.5 Å². The van der Waals surface area contributed by atoms with E-state index >= 15 is 0 Å². The number of morpholine rings is 1. The molecule has 3 N–H and O–H groups in total. The number of H-pyrrole nitrogens is 1. The van der Waals surface area contributed by atoms with Gasteiger partial charge in [-0.3, -0.25) is 14.6 Å². The third-order valence-electron chi connectivity index (χ3n) is 5.76. The van der Waals surface area contributed by atoms with Crippen LogP contribution < -0.4 is 15.8 Å². The van der Waals surface area contributed by atoms with E-state index in [1.54, 1.807) is 18.2 Å². The summed E-state index contributed by atoms with van der Waals surface area (Å²) >= 11 is 0. The molecule has 1 saturated heterocycles. The number of hydrogen-bond acceptors (Lipinski definition) is 7. The molecule has 3 heterocycles. The minimum absolute atomic E-state index is 0.0365. The summed E-state index contributed by atoms with van der Waals surface area (Å²) in [5, 5.41) is 13.3. The van der Waals surface area contributed by atoms with Gasteiger partial charge in [-0.1, -0.05) is 12.1 Å². The van der Waals surface area contributed by atoms with E-state index in [1.165, 1.54) is 0 Å². The quantitative estimate of drug-likeness (QED) is 0.714. The number of nitrogens with one attached hydrogen (secondary N) is 2. The highest BCUT2D eigenvalue weighted by molar-refractivity contribution is 6.00. The first-order valence-corrected chi connectivity index (χ1v) is 9.91. The molecule has 1 aromatic heterocycles. The number of phenolic OH excluding ortho intramolecular Hbond substituents is 1. The Morgan fingerprint density at radius 1 is 1.17 bits per heavy atom. The molecule has 0 radical (unpaired) electrons. The van der Waals surface area contributed by atoms with Crippen LogP contribution in [0.15, 0.2) is 40.3 Å². The monoisotopic (exact) mass is 394 g/mol. The predicted molar refractivity (Wildman–Crippen MR) is 107 cm³/mol. The molecule has 3 aliphatic rings. The number of ether oxygens (including phenoxy) is 1. The summed E-state index contributed by atoms with van der Waals surface area (Å²) in [4.78, 5) is 35.6. The second kappa shape index (κ2) is 7.04. The van der Waals surface area contributed by atoms with E-state index in [2.05, 4.69) is 10.3 Å². The molecule has 0 saturated carbocycles. The molecule has 1 atom stereocenters. The molecule has 5 rings (SSSR count). The number of fused-ring (bicyclic) bond motifs is 1. The average Bonchev–Trinajstić information content (AvgIpc) is 2.73. The number of carbonyl (C=O) groups is 1.